The number of hydrogen-bond donors (Lipinski definition) is 0. The van der Waals surface area contributed by atoms with E-state index in [4.69, 9.17) is 0 Å². The fourth-order valence-corrected chi connectivity index (χ4v) is 3.07. The summed E-state index contributed by atoms with van der Waals surface area (Å²) in [6, 6.07) is 2.09. The molecule has 1 aliphatic rings. The fourth-order valence-electron chi connectivity index (χ4n) is 3.07. The zero-order valence-corrected chi connectivity index (χ0v) is 15.1. The van der Waals surface area contributed by atoms with Crippen molar-refractivity contribution in [3.05, 3.63) is 23.0 Å². The first-order valence-electron chi connectivity index (χ1n) is 8.47. The van der Waals surface area contributed by atoms with Crippen LogP contribution in [-0.2, 0) is 23.1 Å². The maximum Gasteiger partial charge on any atom is 0.227 e. The highest BCUT2D eigenvalue weighted by atomic mass is 16.2. The molecular formula is C18H29N3O2. The minimum atomic E-state index is 0.162. The van der Waals surface area contributed by atoms with Gasteiger partial charge >= 0.3 is 0 Å². The highest BCUT2D eigenvalue weighted by Crippen LogP contribution is 2.16. The lowest BCUT2D eigenvalue weighted by atomic mass is 10.1. The molecule has 0 aromatic carbocycles. The molecule has 2 rings (SSSR count). The Morgan fingerprint density at radius 3 is 2.00 bits per heavy atom. The average Bonchev–Trinajstić information content (AvgIpc) is 2.74. The van der Waals surface area contributed by atoms with E-state index in [0.717, 1.165) is 11.3 Å². The molecule has 128 valence electrons. The summed E-state index contributed by atoms with van der Waals surface area (Å²) in [5, 5.41) is 0. The van der Waals surface area contributed by atoms with Crippen LogP contribution in [0.3, 0.4) is 0 Å². The van der Waals surface area contributed by atoms with E-state index in [1.54, 1.807) is 0 Å². The molecule has 0 atom stereocenters. The molecule has 1 aliphatic heterocycles. The summed E-state index contributed by atoms with van der Waals surface area (Å²) in [6.07, 6.45) is 1.05. The predicted molar refractivity (Wildman–Crippen MR) is 91.2 cm³/mol. The molecule has 0 aliphatic carbocycles. The van der Waals surface area contributed by atoms with Gasteiger partial charge in [-0.1, -0.05) is 13.8 Å². The van der Waals surface area contributed by atoms with Gasteiger partial charge in [0.2, 0.25) is 11.8 Å². The maximum absolute atomic E-state index is 12.5. The lowest BCUT2D eigenvalue weighted by Crippen LogP contribution is -2.51. The van der Waals surface area contributed by atoms with E-state index in [1.165, 1.54) is 5.69 Å². The monoisotopic (exact) mass is 319 g/mol. The first-order chi connectivity index (χ1) is 10.8. The third-order valence-electron chi connectivity index (χ3n) is 4.79. The van der Waals surface area contributed by atoms with E-state index >= 15 is 0 Å². The number of nitrogens with zero attached hydrogens (tertiary/aromatic N) is 3. The Bertz CT molecular complexity index is 581. The number of carbonyl (C=O) groups excluding carboxylic acids is 2. The molecule has 0 saturated carbocycles. The Morgan fingerprint density at radius 2 is 1.57 bits per heavy atom. The molecule has 2 heterocycles. The Kier molecular flexibility index (Phi) is 5.50. The zero-order valence-electron chi connectivity index (χ0n) is 15.1. The molecular weight excluding hydrogens is 290 g/mol. The van der Waals surface area contributed by atoms with Crippen LogP contribution in [-0.4, -0.2) is 52.4 Å². The van der Waals surface area contributed by atoms with Crippen LogP contribution in [0, 0.1) is 19.8 Å². The van der Waals surface area contributed by atoms with Gasteiger partial charge in [-0.05, 0) is 31.4 Å². The van der Waals surface area contributed by atoms with Gasteiger partial charge in [-0.15, -0.1) is 0 Å². The van der Waals surface area contributed by atoms with E-state index in [2.05, 4.69) is 38.3 Å². The Hall–Kier alpha value is -1.78. The number of aryl methyl sites for hydroxylation is 1. The van der Waals surface area contributed by atoms with E-state index in [1.807, 2.05) is 16.8 Å². The van der Waals surface area contributed by atoms with Crippen molar-refractivity contribution in [1.82, 2.24) is 14.4 Å². The van der Waals surface area contributed by atoms with Gasteiger partial charge in [0.25, 0.3) is 0 Å². The minimum absolute atomic E-state index is 0.162. The minimum Gasteiger partial charge on any atom is -0.352 e. The van der Waals surface area contributed by atoms with Gasteiger partial charge in [0.1, 0.15) is 0 Å². The Balaban J connectivity index is 1.88. The average molecular weight is 319 g/mol. The van der Waals surface area contributed by atoms with Crippen LogP contribution < -0.4 is 0 Å². The normalized spacial score (nSPS) is 15.4. The molecule has 5 nitrogen and oxygen atoms in total. The number of piperazine rings is 1. The fraction of sp³-hybridized carbons (Fsp3) is 0.667. The number of carbonyl (C=O) groups is 2. The SMILES string of the molecule is Cc1cc(CC(=O)N2CCN(C(=O)CC(C)C)CC2)c(C)n1C. The van der Waals surface area contributed by atoms with E-state index in [-0.39, 0.29) is 11.8 Å². The standard InChI is InChI=1S/C18H29N3O2/c1-13(2)10-17(22)20-6-8-21(9-7-20)18(23)12-16-11-14(3)19(5)15(16)4/h11,13H,6-10,12H2,1-5H3. The second kappa shape index (κ2) is 7.20. The molecule has 23 heavy (non-hydrogen) atoms. The smallest absolute Gasteiger partial charge is 0.227 e. The van der Waals surface area contributed by atoms with Crippen molar-refractivity contribution in [3.63, 3.8) is 0 Å². The van der Waals surface area contributed by atoms with Gasteiger partial charge in [0.15, 0.2) is 0 Å². The highest BCUT2D eigenvalue weighted by Gasteiger charge is 2.25. The summed E-state index contributed by atoms with van der Waals surface area (Å²) in [5.41, 5.74) is 3.43. The van der Waals surface area contributed by atoms with Crippen molar-refractivity contribution >= 4 is 11.8 Å². The first kappa shape index (κ1) is 17.6. The van der Waals surface area contributed by atoms with Crippen LogP contribution in [0.1, 0.15) is 37.2 Å². The number of aromatic nitrogens is 1. The van der Waals surface area contributed by atoms with Crippen molar-refractivity contribution in [2.45, 2.75) is 40.5 Å². The second-order valence-corrected chi connectivity index (χ2v) is 6.99. The summed E-state index contributed by atoms with van der Waals surface area (Å²) < 4.78 is 2.12. The molecule has 0 bridgehead atoms. The molecule has 0 radical (unpaired) electrons. The highest BCUT2D eigenvalue weighted by molar-refractivity contribution is 5.80. The van der Waals surface area contributed by atoms with Crippen molar-refractivity contribution < 1.29 is 9.59 Å². The van der Waals surface area contributed by atoms with Crippen LogP contribution in [0.4, 0.5) is 0 Å². The van der Waals surface area contributed by atoms with Crippen LogP contribution in [0.5, 0.6) is 0 Å². The lowest BCUT2D eigenvalue weighted by molar-refractivity contribution is -0.139. The Labute approximate surface area is 139 Å². The molecule has 1 fully saturated rings. The Morgan fingerprint density at radius 1 is 1.04 bits per heavy atom. The number of rotatable bonds is 4. The molecule has 2 amide bonds. The topological polar surface area (TPSA) is 45.6 Å². The van der Waals surface area contributed by atoms with Crippen LogP contribution in [0.15, 0.2) is 6.07 Å². The summed E-state index contributed by atoms with van der Waals surface area (Å²) in [4.78, 5) is 28.4. The van der Waals surface area contributed by atoms with E-state index in [9.17, 15) is 9.59 Å². The quantitative estimate of drug-likeness (QED) is 0.851. The van der Waals surface area contributed by atoms with Gasteiger partial charge in [0, 0.05) is 51.0 Å². The van der Waals surface area contributed by atoms with Gasteiger partial charge in [-0.25, -0.2) is 0 Å². The van der Waals surface area contributed by atoms with Crippen molar-refractivity contribution in [2.24, 2.45) is 13.0 Å². The second-order valence-electron chi connectivity index (χ2n) is 6.99. The van der Waals surface area contributed by atoms with Gasteiger partial charge in [-0.3, -0.25) is 9.59 Å². The number of hydrogen-bond acceptors (Lipinski definition) is 2. The molecule has 1 saturated heterocycles. The lowest BCUT2D eigenvalue weighted by Gasteiger charge is -2.35. The summed E-state index contributed by atoms with van der Waals surface area (Å²) in [5.74, 6) is 0.753. The van der Waals surface area contributed by atoms with Crippen molar-refractivity contribution in [2.75, 3.05) is 26.2 Å². The largest absolute Gasteiger partial charge is 0.352 e. The molecule has 1 aromatic rings. The predicted octanol–water partition coefficient (Wildman–Crippen LogP) is 1.90. The summed E-state index contributed by atoms with van der Waals surface area (Å²) in [6.45, 7) is 10.8. The molecule has 1 aromatic heterocycles. The van der Waals surface area contributed by atoms with Gasteiger partial charge < -0.3 is 14.4 Å². The van der Waals surface area contributed by atoms with Gasteiger partial charge in [-0.2, -0.15) is 0 Å². The molecule has 0 spiro atoms. The van der Waals surface area contributed by atoms with E-state index in [0.29, 0.717) is 44.9 Å². The van der Waals surface area contributed by atoms with Gasteiger partial charge in [0.05, 0.1) is 6.42 Å². The third kappa shape index (κ3) is 4.15. The molecule has 0 unspecified atom stereocenters. The summed E-state index contributed by atoms with van der Waals surface area (Å²) in [7, 11) is 2.03. The van der Waals surface area contributed by atoms with Crippen LogP contribution in [0.2, 0.25) is 0 Å². The number of amides is 2. The van der Waals surface area contributed by atoms with Crippen molar-refractivity contribution in [3.8, 4) is 0 Å². The summed E-state index contributed by atoms with van der Waals surface area (Å²) >= 11 is 0. The zero-order chi connectivity index (χ0) is 17.1. The van der Waals surface area contributed by atoms with E-state index < -0.39 is 0 Å². The van der Waals surface area contributed by atoms with Crippen LogP contribution >= 0.6 is 0 Å². The first-order valence-corrected chi connectivity index (χ1v) is 8.47. The van der Waals surface area contributed by atoms with Crippen molar-refractivity contribution in [1.29, 1.82) is 0 Å². The molecule has 0 N–H and O–H groups in total. The maximum atomic E-state index is 12.5. The third-order valence-corrected chi connectivity index (χ3v) is 4.79. The molecule has 5 heteroatoms. The van der Waals surface area contributed by atoms with Crippen LogP contribution in [0.25, 0.3) is 0 Å².